The van der Waals surface area contributed by atoms with Crippen molar-refractivity contribution in [3.05, 3.63) is 53.3 Å². The summed E-state index contributed by atoms with van der Waals surface area (Å²) < 4.78 is 17.0. The third kappa shape index (κ3) is 2.87. The molecule has 1 unspecified atom stereocenters. The molecule has 2 aromatic rings. The SMILES string of the molecule is Cc1cccc(CS(=O)c2ccc(C(=O)O)o2)c1. The van der Waals surface area contributed by atoms with Crippen LogP contribution in [-0.4, -0.2) is 15.3 Å². The Kier molecular flexibility index (Phi) is 3.62. The summed E-state index contributed by atoms with van der Waals surface area (Å²) in [5.74, 6) is -1.04. The Balaban J connectivity index is 2.14. The maximum Gasteiger partial charge on any atom is 0.371 e. The fourth-order valence-corrected chi connectivity index (χ4v) is 2.61. The summed E-state index contributed by atoms with van der Waals surface area (Å²) >= 11 is 0. The molecule has 0 spiro atoms. The van der Waals surface area contributed by atoms with E-state index in [1.807, 2.05) is 31.2 Å². The van der Waals surface area contributed by atoms with Gasteiger partial charge in [0.25, 0.3) is 0 Å². The highest BCUT2D eigenvalue weighted by atomic mass is 32.2. The molecule has 18 heavy (non-hydrogen) atoms. The van der Waals surface area contributed by atoms with Crippen LogP contribution in [0, 0.1) is 6.92 Å². The van der Waals surface area contributed by atoms with E-state index in [4.69, 9.17) is 9.52 Å². The molecule has 1 aromatic carbocycles. The molecule has 0 aliphatic rings. The van der Waals surface area contributed by atoms with Crippen LogP contribution in [0.15, 0.2) is 45.9 Å². The van der Waals surface area contributed by atoms with Gasteiger partial charge in [0, 0.05) is 0 Å². The van der Waals surface area contributed by atoms with Gasteiger partial charge in [0.2, 0.25) is 5.76 Å². The van der Waals surface area contributed by atoms with E-state index >= 15 is 0 Å². The lowest BCUT2D eigenvalue weighted by molar-refractivity contribution is 0.0656. The first-order chi connectivity index (χ1) is 8.56. The summed E-state index contributed by atoms with van der Waals surface area (Å²) in [5, 5.41) is 8.90. The Morgan fingerprint density at radius 3 is 2.72 bits per heavy atom. The Morgan fingerprint density at radius 1 is 1.33 bits per heavy atom. The summed E-state index contributed by atoms with van der Waals surface area (Å²) in [5.41, 5.74) is 2.02. The van der Waals surface area contributed by atoms with E-state index in [0.29, 0.717) is 5.75 Å². The van der Waals surface area contributed by atoms with E-state index in [2.05, 4.69) is 0 Å². The highest BCUT2D eigenvalue weighted by molar-refractivity contribution is 7.84. The molecule has 1 aromatic heterocycles. The quantitative estimate of drug-likeness (QED) is 0.921. The van der Waals surface area contributed by atoms with Gasteiger partial charge in [-0.3, -0.25) is 4.21 Å². The van der Waals surface area contributed by atoms with Crippen molar-refractivity contribution >= 4 is 16.8 Å². The predicted molar refractivity (Wildman–Crippen MR) is 67.0 cm³/mol. The molecule has 94 valence electrons. The van der Waals surface area contributed by atoms with Crippen molar-refractivity contribution in [1.82, 2.24) is 0 Å². The van der Waals surface area contributed by atoms with Crippen molar-refractivity contribution in [2.45, 2.75) is 17.8 Å². The van der Waals surface area contributed by atoms with Gasteiger partial charge in [-0.15, -0.1) is 0 Å². The predicted octanol–water partition coefficient (Wildman–Crippen LogP) is 2.59. The average molecular weight is 264 g/mol. The van der Waals surface area contributed by atoms with Gasteiger partial charge in [-0.25, -0.2) is 4.79 Å². The molecular formula is C13H12O4S. The standard InChI is InChI=1S/C13H12O4S/c1-9-3-2-4-10(7-9)8-18(16)12-6-5-11(17-12)13(14)15/h2-7H,8H2,1H3,(H,14,15). The highest BCUT2D eigenvalue weighted by Crippen LogP contribution is 2.16. The van der Waals surface area contributed by atoms with Gasteiger partial charge in [-0.2, -0.15) is 0 Å². The van der Waals surface area contributed by atoms with E-state index in [9.17, 15) is 9.00 Å². The number of hydrogen-bond donors (Lipinski definition) is 1. The Bertz CT molecular complexity index is 601. The van der Waals surface area contributed by atoms with Gasteiger partial charge >= 0.3 is 5.97 Å². The number of rotatable bonds is 4. The third-order valence-corrected chi connectivity index (χ3v) is 3.66. The first kappa shape index (κ1) is 12.6. The van der Waals surface area contributed by atoms with Gasteiger partial charge < -0.3 is 9.52 Å². The minimum atomic E-state index is -1.37. The van der Waals surface area contributed by atoms with Crippen LogP contribution in [0.5, 0.6) is 0 Å². The average Bonchev–Trinajstić information content (AvgIpc) is 2.78. The monoisotopic (exact) mass is 264 g/mol. The number of aryl methyl sites for hydroxylation is 1. The van der Waals surface area contributed by atoms with Crippen molar-refractivity contribution in [3.63, 3.8) is 0 Å². The minimum Gasteiger partial charge on any atom is -0.475 e. The van der Waals surface area contributed by atoms with Gasteiger partial charge in [-0.1, -0.05) is 29.8 Å². The summed E-state index contributed by atoms with van der Waals surface area (Å²) in [7, 11) is -1.37. The molecule has 0 fully saturated rings. The summed E-state index contributed by atoms with van der Waals surface area (Å²) in [4.78, 5) is 10.6. The van der Waals surface area contributed by atoms with Crippen molar-refractivity contribution in [2.24, 2.45) is 0 Å². The molecular weight excluding hydrogens is 252 g/mol. The van der Waals surface area contributed by atoms with Crippen LogP contribution < -0.4 is 0 Å². The molecule has 2 rings (SSSR count). The van der Waals surface area contributed by atoms with Crippen LogP contribution in [0.4, 0.5) is 0 Å². The molecule has 5 heteroatoms. The Morgan fingerprint density at radius 2 is 2.11 bits per heavy atom. The number of benzene rings is 1. The molecule has 0 radical (unpaired) electrons. The van der Waals surface area contributed by atoms with E-state index < -0.39 is 16.8 Å². The second-order valence-corrected chi connectivity index (χ2v) is 5.28. The van der Waals surface area contributed by atoms with E-state index in [0.717, 1.165) is 11.1 Å². The smallest absolute Gasteiger partial charge is 0.371 e. The van der Waals surface area contributed by atoms with Crippen molar-refractivity contribution in [2.75, 3.05) is 0 Å². The van der Waals surface area contributed by atoms with Crippen molar-refractivity contribution in [1.29, 1.82) is 0 Å². The van der Waals surface area contributed by atoms with Crippen molar-refractivity contribution < 1.29 is 18.5 Å². The molecule has 1 heterocycles. The van der Waals surface area contributed by atoms with E-state index in [1.54, 1.807) is 0 Å². The number of furan rings is 1. The highest BCUT2D eigenvalue weighted by Gasteiger charge is 2.14. The zero-order valence-corrected chi connectivity index (χ0v) is 10.6. The second-order valence-electron chi connectivity index (χ2n) is 3.90. The zero-order valence-electron chi connectivity index (χ0n) is 9.75. The van der Waals surface area contributed by atoms with Gasteiger partial charge in [0.15, 0.2) is 5.09 Å². The van der Waals surface area contributed by atoms with Crippen LogP contribution >= 0.6 is 0 Å². The minimum absolute atomic E-state index is 0.189. The lowest BCUT2D eigenvalue weighted by Crippen LogP contribution is -1.96. The molecule has 1 N–H and O–H groups in total. The summed E-state index contributed by atoms with van der Waals surface area (Å²) in [6.45, 7) is 1.96. The van der Waals surface area contributed by atoms with E-state index in [1.165, 1.54) is 12.1 Å². The summed E-state index contributed by atoms with van der Waals surface area (Å²) in [6, 6.07) is 10.4. The molecule has 0 saturated heterocycles. The fraction of sp³-hybridized carbons (Fsp3) is 0.154. The third-order valence-electron chi connectivity index (χ3n) is 2.40. The van der Waals surface area contributed by atoms with Crippen molar-refractivity contribution in [3.8, 4) is 0 Å². The number of carboxylic acids is 1. The molecule has 1 atom stereocenters. The molecule has 0 aliphatic heterocycles. The molecule has 0 bridgehead atoms. The maximum atomic E-state index is 12.0. The normalized spacial score (nSPS) is 12.3. The Hall–Kier alpha value is -1.88. The first-order valence-electron chi connectivity index (χ1n) is 5.33. The van der Waals surface area contributed by atoms with Crippen LogP contribution in [0.1, 0.15) is 21.7 Å². The van der Waals surface area contributed by atoms with Gasteiger partial charge in [-0.05, 0) is 24.6 Å². The maximum absolute atomic E-state index is 12.0. The van der Waals surface area contributed by atoms with E-state index in [-0.39, 0.29) is 10.9 Å². The number of carboxylic acid groups (broad SMARTS) is 1. The lowest BCUT2D eigenvalue weighted by Gasteiger charge is -2.01. The number of aromatic carboxylic acids is 1. The zero-order chi connectivity index (χ0) is 13.1. The van der Waals surface area contributed by atoms with Crippen LogP contribution in [0.3, 0.4) is 0 Å². The molecule has 4 nitrogen and oxygen atoms in total. The van der Waals surface area contributed by atoms with Crippen LogP contribution in [-0.2, 0) is 16.6 Å². The lowest BCUT2D eigenvalue weighted by atomic mass is 10.2. The number of carbonyl (C=O) groups is 1. The van der Waals surface area contributed by atoms with Crippen LogP contribution in [0.2, 0.25) is 0 Å². The second kappa shape index (κ2) is 5.18. The van der Waals surface area contributed by atoms with Gasteiger partial charge in [0.05, 0.1) is 16.6 Å². The van der Waals surface area contributed by atoms with Gasteiger partial charge in [0.1, 0.15) is 0 Å². The topological polar surface area (TPSA) is 67.5 Å². The molecule has 0 saturated carbocycles. The number of hydrogen-bond acceptors (Lipinski definition) is 3. The largest absolute Gasteiger partial charge is 0.475 e. The summed E-state index contributed by atoms with van der Waals surface area (Å²) in [6.07, 6.45) is 0. The Labute approximate surface area is 107 Å². The molecule has 0 aliphatic carbocycles. The van der Waals surface area contributed by atoms with Crippen LogP contribution in [0.25, 0.3) is 0 Å². The first-order valence-corrected chi connectivity index (χ1v) is 6.65. The fourth-order valence-electron chi connectivity index (χ4n) is 1.58. The molecule has 0 amide bonds.